The number of aromatic nitrogens is 3. The molecule has 7 nitrogen and oxygen atoms in total. The minimum atomic E-state index is -4.43. The molecule has 1 atom stereocenters. The van der Waals surface area contributed by atoms with Crippen LogP contribution in [0.5, 0.6) is 0 Å². The molecule has 3 rings (SSSR count). The molecule has 1 saturated heterocycles. The Morgan fingerprint density at radius 2 is 2.11 bits per heavy atom. The first-order valence-electron chi connectivity index (χ1n) is 8.19. The van der Waals surface area contributed by atoms with Gasteiger partial charge in [-0.25, -0.2) is 9.89 Å². The number of aromatic amines is 1. The van der Waals surface area contributed by atoms with Gasteiger partial charge in [0.2, 0.25) is 5.91 Å². The number of carbonyl (C=O) groups excluding carboxylic acids is 1. The first-order valence-corrected chi connectivity index (χ1v) is 9.18. The molecule has 1 fully saturated rings. The minimum absolute atomic E-state index is 0.0448. The fourth-order valence-corrected chi connectivity index (χ4v) is 3.39. The summed E-state index contributed by atoms with van der Waals surface area (Å²) in [6.45, 7) is 1.02. The summed E-state index contributed by atoms with van der Waals surface area (Å²) >= 11 is 1.06. The molecule has 1 aromatic carbocycles. The van der Waals surface area contributed by atoms with Crippen LogP contribution < -0.4 is 11.0 Å². The Morgan fingerprint density at radius 3 is 2.74 bits per heavy atom. The fraction of sp³-hybridized carbons (Fsp3) is 0.438. The number of alkyl halides is 3. The van der Waals surface area contributed by atoms with Gasteiger partial charge in [-0.15, -0.1) is 5.10 Å². The number of hydrogen-bond donors (Lipinski definition) is 2. The zero-order valence-electron chi connectivity index (χ0n) is 14.1. The molecule has 11 heteroatoms. The highest BCUT2D eigenvalue weighted by Gasteiger charge is 2.30. The molecule has 0 unspecified atom stereocenters. The molecule has 0 spiro atoms. The highest BCUT2D eigenvalue weighted by molar-refractivity contribution is 7.99. The van der Waals surface area contributed by atoms with Gasteiger partial charge >= 0.3 is 11.9 Å². The molecule has 27 heavy (non-hydrogen) atoms. The second-order valence-electron chi connectivity index (χ2n) is 5.97. The predicted octanol–water partition coefficient (Wildman–Crippen LogP) is 2.50. The van der Waals surface area contributed by atoms with Crippen LogP contribution in [0.15, 0.2) is 34.2 Å². The average Bonchev–Trinajstić information content (AvgIpc) is 3.24. The second-order valence-corrected chi connectivity index (χ2v) is 6.91. The number of hydrogen-bond acceptors (Lipinski definition) is 5. The molecule has 1 aromatic heterocycles. The van der Waals surface area contributed by atoms with Crippen LogP contribution >= 0.6 is 11.8 Å². The van der Waals surface area contributed by atoms with E-state index in [2.05, 4.69) is 15.5 Å². The van der Waals surface area contributed by atoms with E-state index in [1.165, 1.54) is 16.7 Å². The molecule has 2 heterocycles. The minimum Gasteiger partial charge on any atom is -0.376 e. The Kier molecular flexibility index (Phi) is 5.90. The van der Waals surface area contributed by atoms with Crippen LogP contribution in [-0.2, 0) is 22.3 Å². The van der Waals surface area contributed by atoms with Crippen molar-refractivity contribution >= 4 is 23.4 Å². The summed E-state index contributed by atoms with van der Waals surface area (Å²) < 4.78 is 44.5. The number of amides is 1. The van der Waals surface area contributed by atoms with Crippen LogP contribution in [0.3, 0.4) is 0 Å². The topological polar surface area (TPSA) is 89.0 Å². The Hall–Kier alpha value is -2.27. The van der Waals surface area contributed by atoms with Crippen LogP contribution in [0, 0.1) is 0 Å². The van der Waals surface area contributed by atoms with E-state index in [1.54, 1.807) is 0 Å². The molecule has 0 aliphatic carbocycles. The van der Waals surface area contributed by atoms with Crippen molar-refractivity contribution in [2.75, 3.05) is 17.7 Å². The van der Waals surface area contributed by atoms with Gasteiger partial charge in [0.15, 0.2) is 5.16 Å². The van der Waals surface area contributed by atoms with Gasteiger partial charge in [-0.05, 0) is 37.1 Å². The van der Waals surface area contributed by atoms with Crippen molar-refractivity contribution in [1.29, 1.82) is 0 Å². The third-order valence-corrected chi connectivity index (χ3v) is 4.94. The zero-order valence-corrected chi connectivity index (χ0v) is 14.9. The van der Waals surface area contributed by atoms with Crippen molar-refractivity contribution < 1.29 is 22.7 Å². The number of benzene rings is 1. The molecule has 1 amide bonds. The molecule has 0 bridgehead atoms. The van der Waals surface area contributed by atoms with Gasteiger partial charge in [-0.1, -0.05) is 11.8 Å². The first-order chi connectivity index (χ1) is 12.8. The summed E-state index contributed by atoms with van der Waals surface area (Å²) in [5.74, 6) is -0.463. The molecule has 146 valence electrons. The summed E-state index contributed by atoms with van der Waals surface area (Å²) in [5, 5.41) is 9.12. The zero-order chi connectivity index (χ0) is 19.4. The SMILES string of the molecule is O=C(CSc1n[nH]c(=O)n1C[C@H]1CCCO1)Nc1ccc(C(F)(F)F)cc1. The second kappa shape index (κ2) is 8.17. The Balaban J connectivity index is 1.55. The van der Waals surface area contributed by atoms with Gasteiger partial charge in [-0.2, -0.15) is 13.2 Å². The molecular formula is C16H17F3N4O3S. The molecule has 1 aliphatic heterocycles. The van der Waals surface area contributed by atoms with Crippen LogP contribution in [0.1, 0.15) is 18.4 Å². The fourth-order valence-electron chi connectivity index (χ4n) is 2.64. The third kappa shape index (κ3) is 5.13. The van der Waals surface area contributed by atoms with Gasteiger partial charge in [0.1, 0.15) is 0 Å². The van der Waals surface area contributed by atoms with Gasteiger partial charge in [0.25, 0.3) is 0 Å². The number of nitrogens with one attached hydrogen (secondary N) is 2. The lowest BCUT2D eigenvalue weighted by atomic mass is 10.2. The van der Waals surface area contributed by atoms with Gasteiger partial charge in [0.05, 0.1) is 24.0 Å². The lowest BCUT2D eigenvalue weighted by Crippen LogP contribution is -2.25. The lowest BCUT2D eigenvalue weighted by molar-refractivity contribution is -0.137. The van der Waals surface area contributed by atoms with Gasteiger partial charge in [-0.3, -0.25) is 9.36 Å². The van der Waals surface area contributed by atoms with E-state index in [4.69, 9.17) is 4.74 Å². The molecule has 0 radical (unpaired) electrons. The molecule has 0 saturated carbocycles. The smallest absolute Gasteiger partial charge is 0.376 e. The summed E-state index contributed by atoms with van der Waals surface area (Å²) in [5.41, 5.74) is -0.909. The highest BCUT2D eigenvalue weighted by Crippen LogP contribution is 2.29. The van der Waals surface area contributed by atoms with E-state index in [0.29, 0.717) is 18.3 Å². The average molecular weight is 402 g/mol. The van der Waals surface area contributed by atoms with E-state index in [1.807, 2.05) is 0 Å². The van der Waals surface area contributed by atoms with Crippen molar-refractivity contribution in [2.45, 2.75) is 36.8 Å². The summed E-state index contributed by atoms with van der Waals surface area (Å²) in [4.78, 5) is 23.9. The quantitative estimate of drug-likeness (QED) is 0.725. The Morgan fingerprint density at radius 1 is 1.37 bits per heavy atom. The number of thioether (sulfide) groups is 1. The van der Waals surface area contributed by atoms with E-state index >= 15 is 0 Å². The lowest BCUT2D eigenvalue weighted by Gasteiger charge is -2.11. The largest absolute Gasteiger partial charge is 0.416 e. The first kappa shape index (κ1) is 19.5. The number of nitrogens with zero attached hydrogens (tertiary/aromatic N) is 2. The number of anilines is 1. The standard InChI is InChI=1S/C16H17F3N4O3S/c17-16(18,19)10-3-5-11(6-4-10)20-13(24)9-27-15-22-21-14(25)23(15)8-12-2-1-7-26-12/h3-6,12H,1-2,7-9H2,(H,20,24)(H,21,25)/t12-/m1/s1. The van der Waals surface area contributed by atoms with Crippen LogP contribution in [0.25, 0.3) is 0 Å². The van der Waals surface area contributed by atoms with Crippen molar-refractivity contribution in [3.8, 4) is 0 Å². The monoisotopic (exact) mass is 402 g/mol. The highest BCUT2D eigenvalue weighted by atomic mass is 32.2. The third-order valence-electron chi connectivity index (χ3n) is 3.96. The van der Waals surface area contributed by atoms with Crippen molar-refractivity contribution in [3.63, 3.8) is 0 Å². The van der Waals surface area contributed by atoms with E-state index in [9.17, 15) is 22.8 Å². The molecular weight excluding hydrogens is 385 g/mol. The molecule has 2 N–H and O–H groups in total. The van der Waals surface area contributed by atoms with Gasteiger partial charge < -0.3 is 10.1 Å². The number of ether oxygens (including phenoxy) is 1. The van der Waals surface area contributed by atoms with Crippen LogP contribution in [0.4, 0.5) is 18.9 Å². The summed E-state index contributed by atoms with van der Waals surface area (Å²) in [6.07, 6.45) is -2.68. The molecule has 1 aliphatic rings. The van der Waals surface area contributed by atoms with Crippen LogP contribution in [0.2, 0.25) is 0 Å². The number of H-pyrrole nitrogens is 1. The maximum Gasteiger partial charge on any atom is 0.416 e. The normalized spacial score (nSPS) is 17.2. The van der Waals surface area contributed by atoms with Crippen molar-refractivity contribution in [3.05, 3.63) is 40.3 Å². The Labute approximate surface area is 156 Å². The number of halogens is 3. The van der Waals surface area contributed by atoms with E-state index < -0.39 is 17.6 Å². The number of rotatable bonds is 6. The Bertz CT molecular complexity index is 842. The van der Waals surface area contributed by atoms with Gasteiger partial charge in [0, 0.05) is 12.3 Å². The summed E-state index contributed by atoms with van der Waals surface area (Å²) in [6, 6.07) is 4.17. The summed E-state index contributed by atoms with van der Waals surface area (Å²) in [7, 11) is 0. The maximum atomic E-state index is 12.5. The molecule has 2 aromatic rings. The van der Waals surface area contributed by atoms with E-state index in [-0.39, 0.29) is 23.2 Å². The van der Waals surface area contributed by atoms with E-state index in [0.717, 1.165) is 36.7 Å². The predicted molar refractivity (Wildman–Crippen MR) is 92.6 cm³/mol. The van der Waals surface area contributed by atoms with Crippen molar-refractivity contribution in [2.24, 2.45) is 0 Å². The maximum absolute atomic E-state index is 12.5. The number of carbonyl (C=O) groups is 1. The van der Waals surface area contributed by atoms with Crippen molar-refractivity contribution in [1.82, 2.24) is 14.8 Å². The van der Waals surface area contributed by atoms with Crippen LogP contribution in [-0.4, -0.2) is 39.1 Å².